The maximum Gasteiger partial charge on any atom is 0.416 e. The Bertz CT molecular complexity index is 647. The minimum absolute atomic E-state index is 0.458. The summed E-state index contributed by atoms with van der Waals surface area (Å²) in [6, 6.07) is 7.01. The summed E-state index contributed by atoms with van der Waals surface area (Å²) in [4.78, 5) is 6.03. The summed E-state index contributed by atoms with van der Waals surface area (Å²) in [5, 5.41) is 7.31. The number of guanidine groups is 1. The SMILES string of the molecule is CN=C(NCCn1cccn1)N(C)Cc1ccc(C(F)(F)F)cc1. The first-order valence-electron chi connectivity index (χ1n) is 7.45. The zero-order chi connectivity index (χ0) is 17.6. The highest BCUT2D eigenvalue weighted by Gasteiger charge is 2.29. The highest BCUT2D eigenvalue weighted by Crippen LogP contribution is 2.29. The Hall–Kier alpha value is -2.51. The van der Waals surface area contributed by atoms with Gasteiger partial charge in [-0.1, -0.05) is 12.1 Å². The molecule has 0 radical (unpaired) electrons. The average Bonchev–Trinajstić information content (AvgIpc) is 3.04. The lowest BCUT2D eigenvalue weighted by molar-refractivity contribution is -0.137. The second kappa shape index (κ2) is 7.85. The molecule has 0 aliphatic heterocycles. The summed E-state index contributed by atoms with van der Waals surface area (Å²) in [6.07, 6.45) is -0.726. The summed E-state index contributed by atoms with van der Waals surface area (Å²) < 4.78 is 39.5. The molecule has 1 heterocycles. The molecular formula is C16H20F3N5. The zero-order valence-electron chi connectivity index (χ0n) is 13.6. The summed E-state index contributed by atoms with van der Waals surface area (Å²) in [5.41, 5.74) is 0.135. The van der Waals surface area contributed by atoms with Gasteiger partial charge in [-0.25, -0.2) is 0 Å². The van der Waals surface area contributed by atoms with Gasteiger partial charge in [0.1, 0.15) is 0 Å². The summed E-state index contributed by atoms with van der Waals surface area (Å²) in [6.45, 7) is 1.80. The topological polar surface area (TPSA) is 45.5 Å². The number of rotatable bonds is 5. The molecule has 0 spiro atoms. The molecule has 0 atom stereocenters. The fourth-order valence-corrected chi connectivity index (χ4v) is 2.25. The van der Waals surface area contributed by atoms with Crippen molar-refractivity contribution in [3.8, 4) is 0 Å². The van der Waals surface area contributed by atoms with Crippen LogP contribution in [0.2, 0.25) is 0 Å². The van der Waals surface area contributed by atoms with Gasteiger partial charge in [0.15, 0.2) is 5.96 Å². The van der Waals surface area contributed by atoms with Crippen molar-refractivity contribution in [1.82, 2.24) is 20.0 Å². The predicted molar refractivity (Wildman–Crippen MR) is 86.5 cm³/mol. The number of alkyl halides is 3. The van der Waals surface area contributed by atoms with Gasteiger partial charge >= 0.3 is 6.18 Å². The first-order valence-corrected chi connectivity index (χ1v) is 7.45. The van der Waals surface area contributed by atoms with E-state index in [2.05, 4.69) is 15.4 Å². The number of aromatic nitrogens is 2. The first-order chi connectivity index (χ1) is 11.4. The monoisotopic (exact) mass is 339 g/mol. The molecule has 1 aromatic carbocycles. The number of hydrogen-bond donors (Lipinski definition) is 1. The van der Waals surface area contributed by atoms with Crippen LogP contribution in [0.5, 0.6) is 0 Å². The van der Waals surface area contributed by atoms with Crippen LogP contribution in [0.15, 0.2) is 47.7 Å². The summed E-state index contributed by atoms with van der Waals surface area (Å²) in [5.74, 6) is 0.669. The van der Waals surface area contributed by atoms with Gasteiger partial charge in [-0.2, -0.15) is 18.3 Å². The lowest BCUT2D eigenvalue weighted by atomic mass is 10.1. The maximum atomic E-state index is 12.6. The third kappa shape index (κ3) is 5.00. The number of nitrogens with one attached hydrogen (secondary N) is 1. The highest BCUT2D eigenvalue weighted by atomic mass is 19.4. The largest absolute Gasteiger partial charge is 0.416 e. The molecule has 0 saturated carbocycles. The van der Waals surface area contributed by atoms with E-state index in [1.165, 1.54) is 12.1 Å². The van der Waals surface area contributed by atoms with Gasteiger partial charge in [-0.15, -0.1) is 0 Å². The number of benzene rings is 1. The van der Waals surface area contributed by atoms with Crippen molar-refractivity contribution < 1.29 is 13.2 Å². The normalized spacial score (nSPS) is 12.3. The molecule has 0 saturated heterocycles. The van der Waals surface area contributed by atoms with Crippen molar-refractivity contribution in [1.29, 1.82) is 0 Å². The molecule has 0 aliphatic rings. The van der Waals surface area contributed by atoms with Gasteiger partial charge in [0.2, 0.25) is 0 Å². The van der Waals surface area contributed by atoms with E-state index in [4.69, 9.17) is 0 Å². The fourth-order valence-electron chi connectivity index (χ4n) is 2.25. The Kier molecular flexibility index (Phi) is 5.83. The van der Waals surface area contributed by atoms with Gasteiger partial charge in [-0.3, -0.25) is 9.67 Å². The van der Waals surface area contributed by atoms with E-state index in [9.17, 15) is 13.2 Å². The second-order valence-corrected chi connectivity index (χ2v) is 5.29. The lowest BCUT2D eigenvalue weighted by Crippen LogP contribution is -2.39. The van der Waals surface area contributed by atoms with E-state index in [1.807, 2.05) is 24.2 Å². The number of nitrogens with zero attached hydrogens (tertiary/aromatic N) is 4. The molecule has 1 N–H and O–H groups in total. The molecule has 0 amide bonds. The van der Waals surface area contributed by atoms with Crippen molar-refractivity contribution in [2.75, 3.05) is 20.6 Å². The molecule has 130 valence electrons. The molecule has 0 fully saturated rings. The third-order valence-electron chi connectivity index (χ3n) is 3.46. The molecule has 5 nitrogen and oxygen atoms in total. The number of aliphatic imine (C=N–C) groups is 1. The Morgan fingerprint density at radius 3 is 2.54 bits per heavy atom. The fraction of sp³-hybridized carbons (Fsp3) is 0.375. The van der Waals surface area contributed by atoms with Crippen molar-refractivity contribution in [2.24, 2.45) is 4.99 Å². The molecule has 2 aromatic rings. The van der Waals surface area contributed by atoms with Crippen molar-refractivity contribution in [3.05, 3.63) is 53.9 Å². The van der Waals surface area contributed by atoms with E-state index in [0.717, 1.165) is 17.7 Å². The third-order valence-corrected chi connectivity index (χ3v) is 3.46. The molecule has 8 heteroatoms. The van der Waals surface area contributed by atoms with Crippen LogP contribution in [0, 0.1) is 0 Å². The Morgan fingerprint density at radius 1 is 1.29 bits per heavy atom. The van der Waals surface area contributed by atoms with Crippen LogP contribution < -0.4 is 5.32 Å². The van der Waals surface area contributed by atoms with Crippen LogP contribution in [0.1, 0.15) is 11.1 Å². The van der Waals surface area contributed by atoms with Crippen LogP contribution in [-0.4, -0.2) is 41.3 Å². The molecular weight excluding hydrogens is 319 g/mol. The van der Waals surface area contributed by atoms with E-state index in [-0.39, 0.29) is 0 Å². The Morgan fingerprint density at radius 2 is 2.00 bits per heavy atom. The summed E-state index contributed by atoms with van der Waals surface area (Å²) >= 11 is 0. The minimum Gasteiger partial charge on any atom is -0.354 e. The van der Waals surface area contributed by atoms with Crippen molar-refractivity contribution >= 4 is 5.96 Å². The van der Waals surface area contributed by atoms with Gasteiger partial charge in [0.25, 0.3) is 0 Å². The van der Waals surface area contributed by atoms with Crippen LogP contribution >= 0.6 is 0 Å². The molecule has 24 heavy (non-hydrogen) atoms. The minimum atomic E-state index is -4.31. The van der Waals surface area contributed by atoms with Gasteiger partial charge in [0.05, 0.1) is 12.1 Å². The highest BCUT2D eigenvalue weighted by molar-refractivity contribution is 5.79. The Balaban J connectivity index is 1.88. The van der Waals surface area contributed by atoms with E-state index in [0.29, 0.717) is 25.6 Å². The van der Waals surface area contributed by atoms with Crippen molar-refractivity contribution in [2.45, 2.75) is 19.3 Å². The quantitative estimate of drug-likeness (QED) is 0.673. The zero-order valence-corrected chi connectivity index (χ0v) is 13.6. The number of halogens is 3. The van der Waals surface area contributed by atoms with Gasteiger partial charge in [-0.05, 0) is 23.8 Å². The van der Waals surface area contributed by atoms with Crippen LogP contribution in [-0.2, 0) is 19.3 Å². The predicted octanol–water partition coefficient (Wildman–Crippen LogP) is 2.61. The standard InChI is InChI=1S/C16H20F3N5/c1-20-15(21-9-11-24-10-3-8-22-24)23(2)12-13-4-6-14(7-5-13)16(17,18)19/h3-8,10H,9,11-12H2,1-2H3,(H,20,21). The molecule has 0 bridgehead atoms. The molecule has 1 aromatic heterocycles. The molecule has 0 aliphatic carbocycles. The van der Waals surface area contributed by atoms with Crippen LogP contribution in [0.25, 0.3) is 0 Å². The van der Waals surface area contributed by atoms with Gasteiger partial charge < -0.3 is 10.2 Å². The van der Waals surface area contributed by atoms with E-state index in [1.54, 1.807) is 17.9 Å². The molecule has 0 unspecified atom stereocenters. The smallest absolute Gasteiger partial charge is 0.354 e. The van der Waals surface area contributed by atoms with Gasteiger partial charge in [0, 0.05) is 39.6 Å². The van der Waals surface area contributed by atoms with Crippen LogP contribution in [0.4, 0.5) is 13.2 Å². The maximum absolute atomic E-state index is 12.6. The number of hydrogen-bond acceptors (Lipinski definition) is 2. The van der Waals surface area contributed by atoms with Crippen molar-refractivity contribution in [3.63, 3.8) is 0 Å². The van der Waals surface area contributed by atoms with E-state index < -0.39 is 11.7 Å². The summed E-state index contributed by atoms with van der Waals surface area (Å²) in [7, 11) is 3.50. The van der Waals surface area contributed by atoms with Crippen LogP contribution in [0.3, 0.4) is 0 Å². The second-order valence-electron chi connectivity index (χ2n) is 5.29. The Labute approximate surface area is 138 Å². The first kappa shape index (κ1) is 17.8. The molecule has 2 rings (SSSR count). The lowest BCUT2D eigenvalue weighted by Gasteiger charge is -2.22. The average molecular weight is 339 g/mol. The van der Waals surface area contributed by atoms with E-state index >= 15 is 0 Å².